The molecular formula is C30H6N12. The van der Waals surface area contributed by atoms with Gasteiger partial charge in [0.2, 0.25) is 0 Å². The Labute approximate surface area is 233 Å². The van der Waals surface area contributed by atoms with Gasteiger partial charge in [-0.2, -0.15) is 31.6 Å². The maximum atomic E-state index is 9.54. The van der Waals surface area contributed by atoms with Gasteiger partial charge >= 0.3 is 0 Å². The van der Waals surface area contributed by atoms with Crippen LogP contribution in [0.3, 0.4) is 0 Å². The van der Waals surface area contributed by atoms with Crippen LogP contribution in [0.4, 0.5) is 0 Å². The molecule has 0 amide bonds. The Morgan fingerprint density at radius 1 is 0.286 bits per heavy atom. The van der Waals surface area contributed by atoms with E-state index in [1.54, 1.807) is 0 Å². The Morgan fingerprint density at radius 3 is 0.548 bits per heavy atom. The Kier molecular flexibility index (Phi) is 4.84. The molecule has 0 saturated heterocycles. The summed E-state index contributed by atoms with van der Waals surface area (Å²) in [5.74, 6) is 0. The summed E-state index contributed by atoms with van der Waals surface area (Å²) in [4.78, 5) is 28.5. The van der Waals surface area contributed by atoms with Crippen LogP contribution in [0.25, 0.3) is 66.2 Å². The molecule has 0 radical (unpaired) electrons. The summed E-state index contributed by atoms with van der Waals surface area (Å²) in [7, 11) is 0. The zero-order valence-electron chi connectivity index (χ0n) is 20.8. The molecule has 4 aromatic carbocycles. The zero-order valence-corrected chi connectivity index (χ0v) is 20.8. The fourth-order valence-corrected chi connectivity index (χ4v) is 4.85. The molecule has 12 nitrogen and oxygen atoms in total. The van der Waals surface area contributed by atoms with E-state index in [1.165, 1.54) is 36.4 Å². The number of aromatic nitrogens is 6. The Balaban J connectivity index is 1.74. The van der Waals surface area contributed by atoms with Crippen molar-refractivity contribution in [3.63, 3.8) is 0 Å². The lowest BCUT2D eigenvalue weighted by molar-refractivity contribution is 1.32. The molecule has 0 aliphatic carbocycles. The molecule has 0 fully saturated rings. The highest BCUT2D eigenvalue weighted by atomic mass is 14.9. The minimum atomic E-state index is 0.131. The van der Waals surface area contributed by atoms with E-state index in [-0.39, 0.29) is 66.5 Å². The first-order valence-electron chi connectivity index (χ1n) is 12.0. The van der Waals surface area contributed by atoms with Gasteiger partial charge in [-0.05, 0) is 36.4 Å². The van der Waals surface area contributed by atoms with Crippen LogP contribution in [0.5, 0.6) is 0 Å². The first-order chi connectivity index (χ1) is 20.5. The van der Waals surface area contributed by atoms with E-state index < -0.39 is 0 Å². The minimum Gasteiger partial charge on any atom is -0.242 e. The van der Waals surface area contributed by atoms with Crippen molar-refractivity contribution in [2.24, 2.45) is 0 Å². The van der Waals surface area contributed by atoms with Gasteiger partial charge in [0.1, 0.15) is 69.5 Å². The molecule has 0 aliphatic heterocycles. The van der Waals surface area contributed by atoms with Gasteiger partial charge in [-0.1, -0.05) is 0 Å². The van der Waals surface area contributed by atoms with Crippen LogP contribution >= 0.6 is 0 Å². The fraction of sp³-hybridized carbons (Fsp3) is 0. The lowest BCUT2D eigenvalue weighted by Gasteiger charge is -2.11. The standard InChI is InChI=1S/C30H6N12/c31-7-13-1-19-20(2-14(13)8-32)38-26-25(37-19)27-29(41-22-4-16(10-34)15(9-33)3-21(22)39-27)30-28(26)40-23-5-17(11-35)18(12-36)6-24(23)42-30/h1-6H. The normalized spacial score (nSPS) is 10.7. The largest absolute Gasteiger partial charge is 0.242 e. The van der Waals surface area contributed by atoms with Crippen LogP contribution in [0, 0.1) is 68.0 Å². The van der Waals surface area contributed by atoms with Gasteiger partial charge in [0, 0.05) is 0 Å². The van der Waals surface area contributed by atoms with Crippen molar-refractivity contribution in [2.75, 3.05) is 0 Å². The molecule has 3 heterocycles. The first-order valence-corrected chi connectivity index (χ1v) is 12.0. The second kappa shape index (κ2) is 8.57. The Morgan fingerprint density at radius 2 is 0.429 bits per heavy atom. The number of nitriles is 6. The van der Waals surface area contributed by atoms with E-state index >= 15 is 0 Å². The summed E-state index contributed by atoms with van der Waals surface area (Å²) in [5, 5.41) is 57.3. The molecule has 0 bridgehead atoms. The number of hydrogen-bond acceptors (Lipinski definition) is 12. The quantitative estimate of drug-likeness (QED) is 0.197. The van der Waals surface area contributed by atoms with Gasteiger partial charge in [0.25, 0.3) is 0 Å². The highest BCUT2D eigenvalue weighted by Crippen LogP contribution is 2.34. The molecular weight excluding hydrogens is 528 g/mol. The van der Waals surface area contributed by atoms with Crippen LogP contribution in [0.15, 0.2) is 36.4 Å². The number of benzene rings is 4. The van der Waals surface area contributed by atoms with E-state index in [9.17, 15) is 31.6 Å². The molecule has 0 saturated carbocycles. The van der Waals surface area contributed by atoms with Crippen molar-refractivity contribution in [2.45, 2.75) is 0 Å². The van der Waals surface area contributed by atoms with Gasteiger partial charge in [-0.25, -0.2) is 29.9 Å². The predicted molar refractivity (Wildman–Crippen MR) is 147 cm³/mol. The topological polar surface area (TPSA) is 220 Å². The van der Waals surface area contributed by atoms with E-state index in [1.807, 2.05) is 36.4 Å². The fourth-order valence-electron chi connectivity index (χ4n) is 4.85. The molecule has 186 valence electrons. The van der Waals surface area contributed by atoms with E-state index in [0.29, 0.717) is 33.1 Å². The molecule has 42 heavy (non-hydrogen) atoms. The average Bonchev–Trinajstić information content (AvgIpc) is 3.03. The van der Waals surface area contributed by atoms with Gasteiger partial charge in [-0.15, -0.1) is 0 Å². The number of rotatable bonds is 0. The summed E-state index contributed by atoms with van der Waals surface area (Å²) in [6.45, 7) is 0. The van der Waals surface area contributed by atoms with Gasteiger partial charge in [0.05, 0.1) is 66.5 Å². The average molecular weight is 534 g/mol. The van der Waals surface area contributed by atoms with Crippen LogP contribution in [0.2, 0.25) is 0 Å². The third-order valence-corrected chi connectivity index (χ3v) is 6.81. The number of hydrogen-bond donors (Lipinski definition) is 0. The van der Waals surface area contributed by atoms with Crippen molar-refractivity contribution < 1.29 is 0 Å². The third kappa shape index (κ3) is 3.22. The Hall–Kier alpha value is -7.38. The first kappa shape index (κ1) is 23.7. The van der Waals surface area contributed by atoms with Gasteiger partial charge < -0.3 is 0 Å². The molecule has 0 unspecified atom stereocenters. The van der Waals surface area contributed by atoms with E-state index in [0.717, 1.165) is 0 Å². The van der Waals surface area contributed by atoms with E-state index in [2.05, 4.69) is 0 Å². The molecule has 0 spiro atoms. The lowest BCUT2D eigenvalue weighted by Crippen LogP contribution is -2.00. The summed E-state index contributed by atoms with van der Waals surface area (Å²) in [6.07, 6.45) is 0. The molecule has 0 aliphatic rings. The van der Waals surface area contributed by atoms with Crippen LogP contribution in [0.1, 0.15) is 33.4 Å². The highest BCUT2D eigenvalue weighted by Gasteiger charge is 2.21. The second-order valence-corrected chi connectivity index (χ2v) is 9.09. The van der Waals surface area contributed by atoms with Crippen molar-refractivity contribution in [3.05, 3.63) is 69.8 Å². The maximum absolute atomic E-state index is 9.54. The van der Waals surface area contributed by atoms with Crippen LogP contribution in [-0.4, -0.2) is 29.9 Å². The monoisotopic (exact) mass is 534 g/mol. The van der Waals surface area contributed by atoms with E-state index in [4.69, 9.17) is 29.9 Å². The summed E-state index contributed by atoms with van der Waals surface area (Å²) in [6, 6.07) is 20.8. The highest BCUT2D eigenvalue weighted by molar-refractivity contribution is 6.21. The summed E-state index contributed by atoms with van der Waals surface area (Å²) in [5.41, 5.74) is 4.43. The van der Waals surface area contributed by atoms with Crippen molar-refractivity contribution >= 4 is 66.2 Å². The predicted octanol–water partition coefficient (Wildman–Crippen LogP) is 4.21. The van der Waals surface area contributed by atoms with Crippen molar-refractivity contribution in [1.82, 2.24) is 29.9 Å². The minimum absolute atomic E-state index is 0.131. The third-order valence-electron chi connectivity index (χ3n) is 6.81. The molecule has 12 heteroatoms. The van der Waals surface area contributed by atoms with Gasteiger partial charge in [-0.3, -0.25) is 0 Å². The second-order valence-electron chi connectivity index (χ2n) is 9.09. The van der Waals surface area contributed by atoms with Gasteiger partial charge in [0.15, 0.2) is 0 Å². The zero-order chi connectivity index (χ0) is 29.1. The number of nitrogens with zero attached hydrogens (tertiary/aromatic N) is 12. The number of fused-ring (bicyclic) bond motifs is 9. The van der Waals surface area contributed by atoms with Crippen molar-refractivity contribution in [1.29, 1.82) is 31.6 Å². The molecule has 0 atom stereocenters. The molecule has 7 aromatic rings. The SMILES string of the molecule is N#Cc1cc2nc3c4nc5cc(C#N)c(C#N)cc5nc4c4nc5cc(C#N)c(C#N)cc5nc4c3nc2cc1C#N. The van der Waals surface area contributed by atoms with Crippen LogP contribution < -0.4 is 0 Å². The van der Waals surface area contributed by atoms with Crippen molar-refractivity contribution in [3.8, 4) is 36.4 Å². The molecule has 7 rings (SSSR count). The molecule has 0 N–H and O–H groups in total. The Bertz CT molecular complexity index is 2190. The maximum Gasteiger partial charge on any atom is 0.120 e. The van der Waals surface area contributed by atoms with Crippen LogP contribution in [-0.2, 0) is 0 Å². The summed E-state index contributed by atoms with van der Waals surface area (Å²) < 4.78 is 0. The summed E-state index contributed by atoms with van der Waals surface area (Å²) >= 11 is 0. The smallest absolute Gasteiger partial charge is 0.120 e. The lowest BCUT2D eigenvalue weighted by atomic mass is 10.1. The molecule has 3 aromatic heterocycles.